The molecule has 0 fully saturated rings. The number of nitrogens with zero attached hydrogens (tertiary/aromatic N) is 1. The molecule has 0 aromatic heterocycles. The number of carbonyl (C=O) groups excluding carboxylic acids is 1. The van der Waals surface area contributed by atoms with E-state index < -0.39 is 10.0 Å². The van der Waals surface area contributed by atoms with Crippen LogP contribution in [0.5, 0.6) is 5.75 Å². The molecule has 1 amide bonds. The quantitative estimate of drug-likeness (QED) is 0.765. The van der Waals surface area contributed by atoms with E-state index in [2.05, 4.69) is 4.72 Å². The Morgan fingerprint density at radius 3 is 2.38 bits per heavy atom. The molecule has 0 heterocycles. The summed E-state index contributed by atoms with van der Waals surface area (Å²) in [6.07, 6.45) is 1.70. The van der Waals surface area contributed by atoms with Gasteiger partial charge in [-0.2, -0.15) is 0 Å². The average molecular weight is 376 g/mol. The van der Waals surface area contributed by atoms with Gasteiger partial charge in [-0.15, -0.1) is 0 Å². The fraction of sp³-hybridized carbons (Fsp3) is 0.316. The maximum absolute atomic E-state index is 12.6. The smallest absolute Gasteiger partial charge is 0.253 e. The summed E-state index contributed by atoms with van der Waals surface area (Å²) in [4.78, 5) is 14.2. The van der Waals surface area contributed by atoms with Gasteiger partial charge in [0.25, 0.3) is 5.91 Å². The molecule has 140 valence electrons. The Morgan fingerprint density at radius 1 is 1.12 bits per heavy atom. The lowest BCUT2D eigenvalue weighted by Crippen LogP contribution is -2.26. The van der Waals surface area contributed by atoms with Crippen molar-refractivity contribution in [3.63, 3.8) is 0 Å². The van der Waals surface area contributed by atoms with E-state index in [4.69, 9.17) is 4.74 Å². The summed E-state index contributed by atoms with van der Waals surface area (Å²) in [6, 6.07) is 14.8. The highest BCUT2D eigenvalue weighted by Gasteiger charge is 2.14. The largest absolute Gasteiger partial charge is 0.496 e. The molecule has 0 spiro atoms. The van der Waals surface area contributed by atoms with Gasteiger partial charge in [-0.25, -0.2) is 13.1 Å². The molecule has 1 N–H and O–H groups in total. The Kier molecular flexibility index (Phi) is 6.76. The van der Waals surface area contributed by atoms with Crippen molar-refractivity contribution in [3.8, 4) is 5.75 Å². The number of hydrogen-bond donors (Lipinski definition) is 1. The van der Waals surface area contributed by atoms with Crippen LogP contribution >= 0.6 is 0 Å². The SMILES string of the molecule is COc1ccccc1CN(C)C(=O)c1ccc(CCNS(C)(=O)=O)cc1. The standard InChI is InChI=1S/C19H24N2O4S/c1-21(14-17-6-4-5-7-18(17)25-2)19(22)16-10-8-15(9-11-16)12-13-20-26(3,23)24/h4-11,20H,12-14H2,1-3H3. The Hall–Kier alpha value is -2.38. The summed E-state index contributed by atoms with van der Waals surface area (Å²) < 4.78 is 29.9. The number of methoxy groups -OCH3 is 1. The van der Waals surface area contributed by atoms with E-state index in [0.717, 1.165) is 23.1 Å². The van der Waals surface area contributed by atoms with Crippen LogP contribution in [0.3, 0.4) is 0 Å². The summed E-state index contributed by atoms with van der Waals surface area (Å²) >= 11 is 0. The van der Waals surface area contributed by atoms with Crippen LogP contribution < -0.4 is 9.46 Å². The predicted octanol–water partition coefficient (Wildman–Crippen LogP) is 2.06. The maximum atomic E-state index is 12.6. The first-order valence-corrected chi connectivity index (χ1v) is 10.1. The lowest BCUT2D eigenvalue weighted by Gasteiger charge is -2.19. The first kappa shape index (κ1) is 19.9. The molecule has 0 bridgehead atoms. The number of ether oxygens (including phenoxy) is 1. The summed E-state index contributed by atoms with van der Waals surface area (Å²) in [5.41, 5.74) is 2.49. The summed E-state index contributed by atoms with van der Waals surface area (Å²) in [5.74, 6) is 0.664. The molecule has 0 aliphatic rings. The van der Waals surface area contributed by atoms with Crippen LogP contribution in [0.2, 0.25) is 0 Å². The van der Waals surface area contributed by atoms with Crippen molar-refractivity contribution < 1.29 is 17.9 Å². The number of hydrogen-bond acceptors (Lipinski definition) is 4. The second-order valence-corrected chi connectivity index (χ2v) is 7.92. The minimum atomic E-state index is -3.18. The molecule has 7 heteroatoms. The first-order valence-electron chi connectivity index (χ1n) is 8.21. The predicted molar refractivity (Wildman–Crippen MR) is 102 cm³/mol. The molecule has 2 rings (SSSR count). The molecular formula is C19H24N2O4S. The first-order chi connectivity index (χ1) is 12.3. The van der Waals surface area contributed by atoms with Gasteiger partial charge in [-0.1, -0.05) is 30.3 Å². The summed E-state index contributed by atoms with van der Waals surface area (Å²) in [7, 11) is 0.174. The van der Waals surface area contributed by atoms with Crippen LogP contribution in [0, 0.1) is 0 Å². The van der Waals surface area contributed by atoms with Crippen molar-refractivity contribution in [1.29, 1.82) is 0 Å². The lowest BCUT2D eigenvalue weighted by molar-refractivity contribution is 0.0784. The van der Waals surface area contributed by atoms with Crippen molar-refractivity contribution in [2.45, 2.75) is 13.0 Å². The van der Waals surface area contributed by atoms with Gasteiger partial charge in [0.15, 0.2) is 0 Å². The molecule has 6 nitrogen and oxygen atoms in total. The topological polar surface area (TPSA) is 75.7 Å². The number of carbonyl (C=O) groups is 1. The van der Waals surface area contributed by atoms with Crippen molar-refractivity contribution >= 4 is 15.9 Å². The zero-order valence-electron chi connectivity index (χ0n) is 15.2. The number of para-hydroxylation sites is 1. The highest BCUT2D eigenvalue weighted by atomic mass is 32.2. The van der Waals surface area contributed by atoms with Gasteiger partial charge in [-0.3, -0.25) is 4.79 Å². The maximum Gasteiger partial charge on any atom is 0.253 e. The molecule has 2 aromatic rings. The fourth-order valence-corrected chi connectivity index (χ4v) is 3.05. The Bertz CT molecular complexity index is 848. The number of sulfonamides is 1. The van der Waals surface area contributed by atoms with E-state index in [0.29, 0.717) is 25.1 Å². The van der Waals surface area contributed by atoms with E-state index >= 15 is 0 Å². The van der Waals surface area contributed by atoms with E-state index in [1.54, 1.807) is 31.2 Å². The van der Waals surface area contributed by atoms with Gasteiger partial charge in [-0.05, 0) is 30.2 Å². The van der Waals surface area contributed by atoms with Crippen LogP contribution in [-0.4, -0.2) is 46.2 Å². The van der Waals surface area contributed by atoms with E-state index in [9.17, 15) is 13.2 Å². The minimum absolute atomic E-state index is 0.0864. The van der Waals surface area contributed by atoms with Crippen LogP contribution in [0.4, 0.5) is 0 Å². The third-order valence-corrected chi connectivity index (χ3v) is 4.65. The molecule has 2 aromatic carbocycles. The molecule has 0 saturated heterocycles. The molecular weight excluding hydrogens is 352 g/mol. The van der Waals surface area contributed by atoms with Crippen LogP contribution in [0.1, 0.15) is 21.5 Å². The lowest BCUT2D eigenvalue weighted by atomic mass is 10.1. The van der Waals surface area contributed by atoms with Gasteiger partial charge in [0.05, 0.1) is 13.4 Å². The highest BCUT2D eigenvalue weighted by Crippen LogP contribution is 2.19. The number of benzene rings is 2. The second kappa shape index (κ2) is 8.82. The molecule has 0 saturated carbocycles. The zero-order chi connectivity index (χ0) is 19.2. The van der Waals surface area contributed by atoms with Gasteiger partial charge < -0.3 is 9.64 Å². The number of nitrogens with one attached hydrogen (secondary N) is 1. The van der Waals surface area contributed by atoms with Gasteiger partial charge in [0, 0.05) is 31.3 Å². The Morgan fingerprint density at radius 2 is 1.77 bits per heavy atom. The van der Waals surface area contributed by atoms with Crippen molar-refractivity contribution in [1.82, 2.24) is 9.62 Å². The van der Waals surface area contributed by atoms with Crippen molar-refractivity contribution in [2.24, 2.45) is 0 Å². The highest BCUT2D eigenvalue weighted by molar-refractivity contribution is 7.88. The van der Waals surface area contributed by atoms with Crippen LogP contribution in [0.25, 0.3) is 0 Å². The normalized spacial score (nSPS) is 11.2. The van der Waals surface area contributed by atoms with Gasteiger partial charge in [0.1, 0.15) is 5.75 Å². The third-order valence-electron chi connectivity index (χ3n) is 3.93. The van der Waals surface area contributed by atoms with Gasteiger partial charge in [0.2, 0.25) is 10.0 Å². The summed E-state index contributed by atoms with van der Waals surface area (Å²) in [6.45, 7) is 0.780. The fourth-order valence-electron chi connectivity index (χ4n) is 2.58. The molecule has 0 radical (unpaired) electrons. The van der Waals surface area contributed by atoms with Crippen LogP contribution in [-0.2, 0) is 23.0 Å². The summed E-state index contributed by atoms with van der Waals surface area (Å²) in [5, 5.41) is 0. The minimum Gasteiger partial charge on any atom is -0.496 e. The van der Waals surface area contributed by atoms with E-state index in [1.807, 2.05) is 36.4 Å². The average Bonchev–Trinajstić information content (AvgIpc) is 2.61. The molecule has 0 atom stereocenters. The van der Waals surface area contributed by atoms with E-state index in [1.165, 1.54) is 0 Å². The molecule has 0 aliphatic heterocycles. The molecule has 26 heavy (non-hydrogen) atoms. The Labute approximate surface area is 154 Å². The second-order valence-electron chi connectivity index (χ2n) is 6.09. The number of amides is 1. The zero-order valence-corrected chi connectivity index (χ0v) is 16.0. The third kappa shape index (κ3) is 5.86. The monoisotopic (exact) mass is 376 g/mol. The van der Waals surface area contributed by atoms with E-state index in [-0.39, 0.29) is 5.91 Å². The molecule has 0 unspecified atom stereocenters. The number of rotatable bonds is 8. The van der Waals surface area contributed by atoms with Crippen LogP contribution in [0.15, 0.2) is 48.5 Å². The Balaban J connectivity index is 1.98. The van der Waals surface area contributed by atoms with Crippen molar-refractivity contribution in [3.05, 3.63) is 65.2 Å². The molecule has 0 aliphatic carbocycles. The van der Waals surface area contributed by atoms with Gasteiger partial charge >= 0.3 is 0 Å². The van der Waals surface area contributed by atoms with Crippen molar-refractivity contribution in [2.75, 3.05) is 27.0 Å².